The third kappa shape index (κ3) is 5.81. The predicted octanol–water partition coefficient (Wildman–Crippen LogP) is 9.53. The molecule has 0 amide bonds. The number of para-hydroxylation sites is 1. The summed E-state index contributed by atoms with van der Waals surface area (Å²) in [6.07, 6.45) is 0. The van der Waals surface area contributed by atoms with Crippen LogP contribution in [-0.2, 0) is 0 Å². The molecule has 0 aromatic heterocycles. The molecule has 2 aromatic carbocycles. The van der Waals surface area contributed by atoms with Crippen LogP contribution in [0.2, 0.25) is 0 Å². The Hall–Kier alpha value is 2.42. The second-order valence-electron chi connectivity index (χ2n) is 4.89. The lowest BCUT2D eigenvalue weighted by Crippen LogP contribution is -2.56. The average Bonchev–Trinajstić information content (AvgIpc) is 2.61. The van der Waals surface area contributed by atoms with Crippen LogP contribution >= 0.6 is 136 Å². The maximum absolute atomic E-state index is 6.59. The molecule has 0 saturated carbocycles. The molecule has 27 heavy (non-hydrogen) atoms. The van der Waals surface area contributed by atoms with Crippen molar-refractivity contribution in [2.75, 3.05) is 0 Å². The summed E-state index contributed by atoms with van der Waals surface area (Å²) in [5, 5.41) is 0. The largest absolute Gasteiger partial charge is 0.752 e. The Morgan fingerprint density at radius 3 is 1.63 bits per heavy atom. The van der Waals surface area contributed by atoms with Gasteiger partial charge in [0.05, 0.1) is 17.9 Å². The molecule has 0 fully saturated rings. The maximum Gasteiger partial charge on any atom is 0.752 e. The van der Waals surface area contributed by atoms with E-state index in [1.807, 2.05) is 6.07 Å². The fraction of sp³-hybridized carbons (Fsp3) is 0.143. The van der Waals surface area contributed by atoms with Crippen molar-refractivity contribution >= 4 is 150 Å². The Morgan fingerprint density at radius 1 is 0.741 bits per heavy atom. The third-order valence-corrected chi connectivity index (χ3v) is 14.8. The third-order valence-electron chi connectivity index (χ3n) is 3.08. The predicted molar refractivity (Wildman–Crippen MR) is 133 cm³/mol. The minimum atomic E-state index is -3.06. The summed E-state index contributed by atoms with van der Waals surface area (Å²) >= 11 is 39.1. The molecular weight excluding hydrogens is 804 g/mol. The summed E-state index contributed by atoms with van der Waals surface area (Å²) < 4.78 is 11.1. The van der Waals surface area contributed by atoms with Crippen LogP contribution in [0.25, 0.3) is 0 Å². The van der Waals surface area contributed by atoms with Crippen LogP contribution in [0.4, 0.5) is 0 Å². The zero-order chi connectivity index (χ0) is 20.6. The molecule has 0 aliphatic carbocycles. The van der Waals surface area contributed by atoms with Gasteiger partial charge < -0.3 is 8.53 Å². The minimum Gasteiger partial charge on any atom is -0.627 e. The lowest BCUT2D eigenvalue weighted by molar-refractivity contribution is 0.225. The van der Waals surface area contributed by atoms with Crippen LogP contribution in [0.5, 0.6) is 11.5 Å². The van der Waals surface area contributed by atoms with E-state index in [2.05, 4.69) is 79.6 Å². The SMILES string of the molecule is [Cl][Al]([O]c1c(Br)c(Br)c(Br)c(Br)c1Br)[C](Cl)(Oc1ccccc1)C(Cl)(Cl)Cl. The zero-order valence-electron chi connectivity index (χ0n) is 12.6. The monoisotopic (exact) mass is 801 g/mol. The molecule has 2 nitrogen and oxygen atoms in total. The number of alkyl halides is 4. The molecule has 2 aromatic rings. The van der Waals surface area contributed by atoms with Crippen molar-refractivity contribution in [1.29, 1.82) is 0 Å². The number of benzene rings is 2. The topological polar surface area (TPSA) is 18.5 Å². The molecule has 146 valence electrons. The number of ether oxygens (including phenoxy) is 1. The molecule has 0 saturated heterocycles. The van der Waals surface area contributed by atoms with Gasteiger partial charge in [0.1, 0.15) is 11.5 Å². The zero-order valence-corrected chi connectivity index (χ0v) is 25.4. The Morgan fingerprint density at radius 2 is 1.19 bits per heavy atom. The Balaban J connectivity index is 2.45. The normalized spacial score (nSPS) is 13.9. The van der Waals surface area contributed by atoms with E-state index in [-0.39, 0.29) is 0 Å². The van der Waals surface area contributed by atoms with Gasteiger partial charge in [0.15, 0.2) is 0 Å². The first-order chi connectivity index (χ1) is 12.4. The van der Waals surface area contributed by atoms with E-state index < -0.39 is 21.3 Å². The number of halogens is 10. The van der Waals surface area contributed by atoms with Gasteiger partial charge in [-0.2, -0.15) is 10.0 Å². The lowest BCUT2D eigenvalue weighted by Gasteiger charge is -2.35. The van der Waals surface area contributed by atoms with E-state index in [1.54, 1.807) is 24.3 Å². The van der Waals surface area contributed by atoms with Crippen molar-refractivity contribution in [2.24, 2.45) is 0 Å². The van der Waals surface area contributed by atoms with Gasteiger partial charge in [-0.15, -0.1) is 0 Å². The molecule has 13 heteroatoms. The second-order valence-corrected chi connectivity index (χ2v) is 14.9. The van der Waals surface area contributed by atoms with E-state index in [0.717, 1.165) is 4.47 Å². The van der Waals surface area contributed by atoms with Crippen LogP contribution in [0.3, 0.4) is 0 Å². The van der Waals surface area contributed by atoms with Crippen LogP contribution < -0.4 is 8.53 Å². The number of hydrogen-bond donors (Lipinski definition) is 0. The van der Waals surface area contributed by atoms with Crippen molar-refractivity contribution in [3.63, 3.8) is 0 Å². The summed E-state index contributed by atoms with van der Waals surface area (Å²) in [6.45, 7) is 0. The van der Waals surface area contributed by atoms with Gasteiger partial charge in [0.25, 0.3) is 0 Å². The standard InChI is InChI=1S/C8H5Cl4O.C6HBr5O.Al.ClH/c9-7(8(10,11)12)13-6-4-2-1-3-5-6;7-1-2(8)4(10)6(12)5(11)3(1)9;;/h1-5H;12H;;1H/q;;+2;/p-2. The van der Waals surface area contributed by atoms with Gasteiger partial charge in [-0.1, -0.05) is 64.6 Å². The molecule has 1 atom stereocenters. The van der Waals surface area contributed by atoms with E-state index in [0.29, 0.717) is 29.4 Å². The van der Waals surface area contributed by atoms with Crippen LogP contribution in [0, 0.1) is 0 Å². The molecule has 0 aliphatic heterocycles. The average molecular weight is 809 g/mol. The first-order valence-electron chi connectivity index (χ1n) is 6.72. The van der Waals surface area contributed by atoms with Gasteiger partial charge in [-0.05, 0) is 91.8 Å². The summed E-state index contributed by atoms with van der Waals surface area (Å²) in [6, 6.07) is 8.67. The van der Waals surface area contributed by atoms with Crippen LogP contribution in [0.1, 0.15) is 0 Å². The van der Waals surface area contributed by atoms with Crippen molar-refractivity contribution < 1.29 is 8.53 Å². The number of rotatable bonds is 5. The smallest absolute Gasteiger partial charge is 0.627 e. The minimum absolute atomic E-state index is 0.375. The molecular formula is C14H5AlBr5Cl5O2. The maximum atomic E-state index is 6.59. The molecule has 0 N–H and O–H groups in total. The molecule has 0 heterocycles. The van der Waals surface area contributed by atoms with Gasteiger partial charge >= 0.3 is 13.6 Å². The molecule has 2 rings (SSSR count). The fourth-order valence-corrected chi connectivity index (χ4v) is 9.01. The highest BCUT2D eigenvalue weighted by Crippen LogP contribution is 2.51. The first-order valence-corrected chi connectivity index (χ1v) is 15.0. The first kappa shape index (κ1) is 25.7. The lowest BCUT2D eigenvalue weighted by atomic mass is 10.3. The Kier molecular flexibility index (Phi) is 9.85. The fourth-order valence-electron chi connectivity index (χ4n) is 1.76. The summed E-state index contributed by atoms with van der Waals surface area (Å²) in [7, 11) is 6.57. The van der Waals surface area contributed by atoms with E-state index in [1.165, 1.54) is 0 Å². The van der Waals surface area contributed by atoms with Crippen LogP contribution in [-0.4, -0.2) is 21.3 Å². The van der Waals surface area contributed by atoms with Gasteiger partial charge in [0, 0.05) is 4.47 Å². The van der Waals surface area contributed by atoms with Crippen LogP contribution in [0.15, 0.2) is 52.7 Å². The van der Waals surface area contributed by atoms with Crippen molar-refractivity contribution in [1.82, 2.24) is 0 Å². The highest BCUT2D eigenvalue weighted by atomic mass is 79.9. The highest BCUT2D eigenvalue weighted by Gasteiger charge is 2.64. The Bertz CT molecular complexity index is 810. The summed E-state index contributed by atoms with van der Waals surface area (Å²) in [5.41, 5.74) is 0. The van der Waals surface area contributed by atoms with E-state index in [9.17, 15) is 0 Å². The molecule has 0 bridgehead atoms. The molecule has 0 spiro atoms. The summed E-state index contributed by atoms with van der Waals surface area (Å²) in [4.78, 5) is 0. The van der Waals surface area contributed by atoms with E-state index in [4.69, 9.17) is 65.0 Å². The molecule has 0 aliphatic rings. The molecule has 0 radical (unpaired) electrons. The summed E-state index contributed by atoms with van der Waals surface area (Å²) in [5.74, 6) is 0.761. The number of hydrogen-bond acceptors (Lipinski definition) is 2. The van der Waals surface area contributed by atoms with Crippen molar-refractivity contribution in [2.45, 2.75) is 7.71 Å². The Labute approximate surface area is 227 Å². The van der Waals surface area contributed by atoms with Gasteiger partial charge in [-0.25, -0.2) is 0 Å². The molecule has 1 unspecified atom stereocenters. The van der Waals surface area contributed by atoms with Crippen molar-refractivity contribution in [3.8, 4) is 11.5 Å². The quantitative estimate of drug-likeness (QED) is 0.130. The second kappa shape index (κ2) is 10.4. The highest BCUT2D eigenvalue weighted by molar-refractivity contribution is 9.15. The van der Waals surface area contributed by atoms with Crippen molar-refractivity contribution in [3.05, 3.63) is 52.7 Å². The van der Waals surface area contributed by atoms with Gasteiger partial charge in [-0.3, -0.25) is 0 Å². The van der Waals surface area contributed by atoms with E-state index >= 15 is 0 Å². The van der Waals surface area contributed by atoms with Gasteiger partial charge in [0.2, 0.25) is 7.71 Å².